The van der Waals surface area contributed by atoms with Crippen LogP contribution in [0.2, 0.25) is 0 Å². The van der Waals surface area contributed by atoms with Gasteiger partial charge in [0.2, 0.25) is 0 Å². The van der Waals surface area contributed by atoms with E-state index in [4.69, 9.17) is 5.11 Å². The van der Waals surface area contributed by atoms with E-state index in [-0.39, 0.29) is 43.1 Å². The lowest BCUT2D eigenvalue weighted by Gasteiger charge is -1.89. The molecule has 1 aromatic carbocycles. The molecular weight excluding hydrogens is 270 g/mol. The molecule has 0 bridgehead atoms. The van der Waals surface area contributed by atoms with Crippen LogP contribution in [0, 0.1) is 12.8 Å². The SMILES string of the molecule is CC(C)C(=O)O.Cc1ccccc1.Cl.Cl.Cl. The van der Waals surface area contributed by atoms with E-state index in [1.165, 1.54) is 5.56 Å². The number of hydrogen-bond acceptors (Lipinski definition) is 1. The summed E-state index contributed by atoms with van der Waals surface area (Å²) < 4.78 is 0. The predicted octanol–water partition coefficient (Wildman–Crippen LogP) is 3.99. The van der Waals surface area contributed by atoms with Crippen molar-refractivity contribution in [3.05, 3.63) is 35.9 Å². The van der Waals surface area contributed by atoms with E-state index in [0.717, 1.165) is 0 Å². The van der Waals surface area contributed by atoms with Gasteiger partial charge in [-0.25, -0.2) is 0 Å². The average Bonchev–Trinajstić information content (AvgIpc) is 2.06. The molecular formula is C11H19Cl3O2. The molecule has 0 saturated carbocycles. The second kappa shape index (κ2) is 14.6. The number of benzene rings is 1. The molecule has 0 amide bonds. The lowest BCUT2D eigenvalue weighted by atomic mass is 10.2. The van der Waals surface area contributed by atoms with Crippen molar-refractivity contribution in [2.24, 2.45) is 5.92 Å². The van der Waals surface area contributed by atoms with Gasteiger partial charge in [0, 0.05) is 0 Å². The summed E-state index contributed by atoms with van der Waals surface area (Å²) in [5.41, 5.74) is 1.32. The van der Waals surface area contributed by atoms with Crippen LogP contribution in [-0.2, 0) is 4.79 Å². The Balaban J connectivity index is -0.0000000767. The Morgan fingerprint density at radius 3 is 1.50 bits per heavy atom. The lowest BCUT2D eigenvalue weighted by Crippen LogP contribution is -2.03. The van der Waals surface area contributed by atoms with Crippen molar-refractivity contribution in [2.45, 2.75) is 20.8 Å². The molecule has 1 rings (SSSR count). The summed E-state index contributed by atoms with van der Waals surface area (Å²) in [5.74, 6) is -0.972. The third-order valence-corrected chi connectivity index (χ3v) is 1.43. The highest BCUT2D eigenvalue weighted by Crippen LogP contribution is 1.92. The van der Waals surface area contributed by atoms with Crippen LogP contribution in [0.5, 0.6) is 0 Å². The van der Waals surface area contributed by atoms with Gasteiger partial charge in [-0.1, -0.05) is 49.7 Å². The van der Waals surface area contributed by atoms with Crippen molar-refractivity contribution >= 4 is 43.2 Å². The molecule has 96 valence electrons. The molecule has 0 atom stereocenters. The molecule has 5 heteroatoms. The third kappa shape index (κ3) is 16.0. The van der Waals surface area contributed by atoms with Gasteiger partial charge < -0.3 is 5.11 Å². The largest absolute Gasteiger partial charge is 0.481 e. The number of carboxylic acid groups (broad SMARTS) is 1. The molecule has 0 radical (unpaired) electrons. The summed E-state index contributed by atoms with van der Waals surface area (Å²) >= 11 is 0. The van der Waals surface area contributed by atoms with Gasteiger partial charge in [0.05, 0.1) is 5.92 Å². The summed E-state index contributed by atoms with van der Waals surface area (Å²) in [7, 11) is 0. The zero-order valence-electron chi connectivity index (χ0n) is 9.54. The molecule has 0 aliphatic rings. The molecule has 0 heterocycles. The van der Waals surface area contributed by atoms with Gasteiger partial charge in [-0.05, 0) is 6.92 Å². The second-order valence-electron chi connectivity index (χ2n) is 3.15. The fourth-order valence-corrected chi connectivity index (χ4v) is 0.534. The Bertz CT molecular complexity index is 251. The van der Waals surface area contributed by atoms with E-state index < -0.39 is 5.97 Å². The zero-order chi connectivity index (χ0) is 10.3. The third-order valence-electron chi connectivity index (χ3n) is 1.43. The van der Waals surface area contributed by atoms with Crippen LogP contribution in [0.25, 0.3) is 0 Å². The van der Waals surface area contributed by atoms with Crippen LogP contribution in [0.4, 0.5) is 0 Å². The monoisotopic (exact) mass is 288 g/mol. The summed E-state index contributed by atoms with van der Waals surface area (Å²) in [6, 6.07) is 10.3. The predicted molar refractivity (Wildman–Crippen MR) is 75.4 cm³/mol. The molecule has 0 saturated heterocycles. The molecule has 0 aliphatic carbocycles. The van der Waals surface area contributed by atoms with Crippen LogP contribution in [0.15, 0.2) is 30.3 Å². The van der Waals surface area contributed by atoms with Crippen LogP contribution in [0.3, 0.4) is 0 Å². The standard InChI is InChI=1S/C7H8.C4H8O2.3ClH/c1-7-5-3-2-4-6-7;1-3(2)4(5)6;;;/h2-6H,1H3;3H,1-2H3,(H,5,6);3*1H. The molecule has 0 unspecified atom stereocenters. The van der Waals surface area contributed by atoms with Gasteiger partial charge in [-0.15, -0.1) is 37.2 Å². The van der Waals surface area contributed by atoms with Crippen LogP contribution in [0.1, 0.15) is 19.4 Å². The van der Waals surface area contributed by atoms with Crippen molar-refractivity contribution in [1.82, 2.24) is 0 Å². The minimum Gasteiger partial charge on any atom is -0.481 e. The van der Waals surface area contributed by atoms with E-state index in [2.05, 4.69) is 19.1 Å². The maximum atomic E-state index is 9.70. The topological polar surface area (TPSA) is 37.3 Å². The molecule has 2 nitrogen and oxygen atoms in total. The van der Waals surface area contributed by atoms with Crippen molar-refractivity contribution < 1.29 is 9.90 Å². The first kappa shape index (κ1) is 24.7. The number of hydrogen-bond donors (Lipinski definition) is 1. The maximum Gasteiger partial charge on any atom is 0.305 e. The molecule has 1 aromatic rings. The first-order valence-electron chi connectivity index (χ1n) is 4.28. The fourth-order valence-electron chi connectivity index (χ4n) is 0.534. The Morgan fingerprint density at radius 1 is 1.06 bits per heavy atom. The number of halogens is 3. The Labute approximate surface area is 116 Å². The van der Waals surface area contributed by atoms with Crippen LogP contribution >= 0.6 is 37.2 Å². The highest BCUT2D eigenvalue weighted by atomic mass is 35.5. The van der Waals surface area contributed by atoms with E-state index in [9.17, 15) is 4.79 Å². The first-order valence-corrected chi connectivity index (χ1v) is 4.28. The van der Waals surface area contributed by atoms with Gasteiger partial charge in [0.25, 0.3) is 0 Å². The first-order chi connectivity index (χ1) is 6.04. The Kier molecular flexibility index (Phi) is 22.5. The molecule has 16 heavy (non-hydrogen) atoms. The van der Waals surface area contributed by atoms with Crippen LogP contribution < -0.4 is 0 Å². The molecule has 0 spiro atoms. The van der Waals surface area contributed by atoms with E-state index in [1.807, 2.05) is 18.2 Å². The Morgan fingerprint density at radius 2 is 1.38 bits per heavy atom. The summed E-state index contributed by atoms with van der Waals surface area (Å²) in [4.78, 5) is 9.70. The van der Waals surface area contributed by atoms with Gasteiger partial charge in [-0.2, -0.15) is 0 Å². The minimum absolute atomic E-state index is 0. The van der Waals surface area contributed by atoms with Crippen molar-refractivity contribution in [3.63, 3.8) is 0 Å². The van der Waals surface area contributed by atoms with Crippen molar-refractivity contribution in [1.29, 1.82) is 0 Å². The quantitative estimate of drug-likeness (QED) is 0.849. The summed E-state index contributed by atoms with van der Waals surface area (Å²) in [6.07, 6.45) is 0. The number of aliphatic carboxylic acids is 1. The molecule has 1 N–H and O–H groups in total. The average molecular weight is 290 g/mol. The number of aryl methyl sites for hydroxylation is 1. The van der Waals surface area contributed by atoms with Gasteiger partial charge in [0.1, 0.15) is 0 Å². The zero-order valence-corrected chi connectivity index (χ0v) is 12.0. The lowest BCUT2D eigenvalue weighted by molar-refractivity contribution is -0.140. The van der Waals surface area contributed by atoms with Crippen molar-refractivity contribution in [2.75, 3.05) is 0 Å². The highest BCUT2D eigenvalue weighted by molar-refractivity contribution is 5.86. The number of rotatable bonds is 1. The highest BCUT2D eigenvalue weighted by Gasteiger charge is 1.99. The molecule has 0 aromatic heterocycles. The van der Waals surface area contributed by atoms with Gasteiger partial charge in [0.15, 0.2) is 0 Å². The minimum atomic E-state index is -0.741. The normalized spacial score (nSPS) is 7.25. The summed E-state index contributed by atoms with van der Waals surface area (Å²) in [5, 5.41) is 7.99. The van der Waals surface area contributed by atoms with E-state index in [0.29, 0.717) is 0 Å². The molecule has 0 fully saturated rings. The van der Waals surface area contributed by atoms with Crippen LogP contribution in [-0.4, -0.2) is 11.1 Å². The molecule has 0 aliphatic heterocycles. The van der Waals surface area contributed by atoms with Gasteiger partial charge in [-0.3, -0.25) is 4.79 Å². The number of carbonyl (C=O) groups is 1. The van der Waals surface area contributed by atoms with Crippen molar-refractivity contribution in [3.8, 4) is 0 Å². The van der Waals surface area contributed by atoms with E-state index >= 15 is 0 Å². The summed E-state index contributed by atoms with van der Waals surface area (Å²) in [6.45, 7) is 5.37. The Hall–Kier alpha value is -0.440. The smallest absolute Gasteiger partial charge is 0.305 e. The van der Waals surface area contributed by atoms with Gasteiger partial charge >= 0.3 is 5.97 Å². The van der Waals surface area contributed by atoms with E-state index in [1.54, 1.807) is 13.8 Å². The second-order valence-corrected chi connectivity index (χ2v) is 3.15. The number of carboxylic acids is 1. The fraction of sp³-hybridized carbons (Fsp3) is 0.364. The maximum absolute atomic E-state index is 9.70.